The summed E-state index contributed by atoms with van der Waals surface area (Å²) >= 11 is 0. The van der Waals surface area contributed by atoms with E-state index in [9.17, 15) is 8.42 Å². The predicted molar refractivity (Wildman–Crippen MR) is 80.4 cm³/mol. The highest BCUT2D eigenvalue weighted by atomic mass is 32.2. The van der Waals surface area contributed by atoms with Crippen LogP contribution in [0.1, 0.15) is 6.42 Å². The first kappa shape index (κ1) is 15.3. The molecule has 1 aromatic heterocycles. The van der Waals surface area contributed by atoms with E-state index in [0.29, 0.717) is 13.0 Å². The SMILES string of the molecule is Nc1ncccc1S(=O)(=O)NCCCOc1ccccc1. The maximum atomic E-state index is 12.0. The van der Waals surface area contributed by atoms with E-state index in [0.717, 1.165) is 5.75 Å². The molecule has 7 heteroatoms. The van der Waals surface area contributed by atoms with Gasteiger partial charge in [-0.2, -0.15) is 0 Å². The lowest BCUT2D eigenvalue weighted by Gasteiger charge is -2.09. The molecule has 0 aliphatic carbocycles. The number of aromatic nitrogens is 1. The molecule has 0 aliphatic heterocycles. The summed E-state index contributed by atoms with van der Waals surface area (Å²) in [5.41, 5.74) is 5.56. The number of ether oxygens (including phenoxy) is 1. The Morgan fingerprint density at radius 1 is 1.14 bits per heavy atom. The van der Waals surface area contributed by atoms with Gasteiger partial charge in [0.1, 0.15) is 16.5 Å². The maximum absolute atomic E-state index is 12.0. The number of nitrogens with two attached hydrogens (primary N) is 1. The van der Waals surface area contributed by atoms with Gasteiger partial charge in [0.2, 0.25) is 10.0 Å². The zero-order valence-corrected chi connectivity index (χ0v) is 12.2. The van der Waals surface area contributed by atoms with Crippen LogP contribution in [0.2, 0.25) is 0 Å². The van der Waals surface area contributed by atoms with Crippen LogP contribution in [0.5, 0.6) is 5.75 Å². The van der Waals surface area contributed by atoms with Gasteiger partial charge >= 0.3 is 0 Å². The van der Waals surface area contributed by atoms with Gasteiger partial charge in [-0.15, -0.1) is 0 Å². The van der Waals surface area contributed by atoms with Gasteiger partial charge in [0, 0.05) is 12.7 Å². The summed E-state index contributed by atoms with van der Waals surface area (Å²) in [6.07, 6.45) is 2.00. The first-order valence-electron chi connectivity index (χ1n) is 6.47. The molecule has 2 rings (SSSR count). The summed E-state index contributed by atoms with van der Waals surface area (Å²) in [5.74, 6) is 0.752. The molecule has 0 unspecified atom stereocenters. The van der Waals surface area contributed by atoms with Gasteiger partial charge in [0.05, 0.1) is 6.61 Å². The van der Waals surface area contributed by atoms with Crippen molar-refractivity contribution in [2.75, 3.05) is 18.9 Å². The zero-order valence-electron chi connectivity index (χ0n) is 11.4. The van der Waals surface area contributed by atoms with Crippen LogP contribution in [0.15, 0.2) is 53.6 Å². The van der Waals surface area contributed by atoms with Crippen molar-refractivity contribution in [1.29, 1.82) is 0 Å². The number of hydrogen-bond acceptors (Lipinski definition) is 5. The van der Waals surface area contributed by atoms with Crippen LogP contribution in [0.4, 0.5) is 5.82 Å². The molecule has 1 heterocycles. The third-order valence-corrected chi connectivity index (χ3v) is 4.22. The van der Waals surface area contributed by atoms with Crippen molar-refractivity contribution in [3.05, 3.63) is 48.7 Å². The Balaban J connectivity index is 1.79. The highest BCUT2D eigenvalue weighted by Gasteiger charge is 2.16. The molecule has 21 heavy (non-hydrogen) atoms. The quantitative estimate of drug-likeness (QED) is 0.754. The molecule has 2 aromatic rings. The second-order valence-electron chi connectivity index (χ2n) is 4.30. The Kier molecular flexibility index (Phi) is 5.13. The minimum atomic E-state index is -3.63. The lowest BCUT2D eigenvalue weighted by Crippen LogP contribution is -2.26. The van der Waals surface area contributed by atoms with Crippen LogP contribution in [0.3, 0.4) is 0 Å². The molecular weight excluding hydrogens is 290 g/mol. The third kappa shape index (κ3) is 4.44. The van der Waals surface area contributed by atoms with E-state index < -0.39 is 10.0 Å². The number of anilines is 1. The number of nitrogens with one attached hydrogen (secondary N) is 1. The van der Waals surface area contributed by atoms with E-state index in [1.165, 1.54) is 18.3 Å². The van der Waals surface area contributed by atoms with E-state index in [1.54, 1.807) is 0 Å². The molecule has 0 amide bonds. The number of hydrogen-bond donors (Lipinski definition) is 2. The summed E-state index contributed by atoms with van der Waals surface area (Å²) in [7, 11) is -3.63. The van der Waals surface area contributed by atoms with Crippen LogP contribution in [0.25, 0.3) is 0 Å². The lowest BCUT2D eigenvalue weighted by molar-refractivity contribution is 0.311. The topological polar surface area (TPSA) is 94.3 Å². The number of nitrogens with zero attached hydrogens (tertiary/aromatic N) is 1. The Labute approximate surface area is 124 Å². The third-order valence-electron chi connectivity index (χ3n) is 2.71. The molecule has 0 atom stereocenters. The first-order chi connectivity index (χ1) is 10.1. The van der Waals surface area contributed by atoms with Gasteiger partial charge in [0.15, 0.2) is 0 Å². The molecule has 3 N–H and O–H groups in total. The van der Waals surface area contributed by atoms with Gasteiger partial charge in [-0.25, -0.2) is 18.1 Å². The summed E-state index contributed by atoms with van der Waals surface area (Å²) in [6.45, 7) is 0.693. The highest BCUT2D eigenvalue weighted by molar-refractivity contribution is 7.89. The largest absolute Gasteiger partial charge is 0.494 e. The Morgan fingerprint density at radius 3 is 2.62 bits per heavy atom. The Hall–Kier alpha value is -2.12. The fourth-order valence-corrected chi connectivity index (χ4v) is 2.85. The number of para-hydroxylation sites is 1. The minimum Gasteiger partial charge on any atom is -0.494 e. The molecule has 0 spiro atoms. The van der Waals surface area contributed by atoms with Crippen LogP contribution < -0.4 is 15.2 Å². The first-order valence-corrected chi connectivity index (χ1v) is 7.96. The van der Waals surface area contributed by atoms with E-state index in [4.69, 9.17) is 10.5 Å². The summed E-state index contributed by atoms with van der Waals surface area (Å²) < 4.78 is 32.0. The van der Waals surface area contributed by atoms with E-state index >= 15 is 0 Å². The van der Waals surface area contributed by atoms with Crippen molar-refractivity contribution >= 4 is 15.8 Å². The van der Waals surface area contributed by atoms with Crippen molar-refractivity contribution < 1.29 is 13.2 Å². The lowest BCUT2D eigenvalue weighted by atomic mass is 10.3. The molecule has 0 aliphatic rings. The van der Waals surface area contributed by atoms with Gasteiger partial charge in [-0.3, -0.25) is 0 Å². The monoisotopic (exact) mass is 307 g/mol. The number of nitrogen functional groups attached to an aromatic ring is 1. The smallest absolute Gasteiger partial charge is 0.244 e. The Morgan fingerprint density at radius 2 is 1.90 bits per heavy atom. The molecule has 0 fully saturated rings. The summed E-state index contributed by atoms with van der Waals surface area (Å²) in [4.78, 5) is 3.76. The molecule has 6 nitrogen and oxygen atoms in total. The number of rotatable bonds is 7. The average Bonchev–Trinajstić information content (AvgIpc) is 2.48. The van der Waals surface area contributed by atoms with Crippen molar-refractivity contribution in [2.45, 2.75) is 11.3 Å². The summed E-state index contributed by atoms with van der Waals surface area (Å²) in [5, 5.41) is 0. The van der Waals surface area contributed by atoms with Gasteiger partial charge in [-0.1, -0.05) is 18.2 Å². The van der Waals surface area contributed by atoms with Crippen LogP contribution in [0, 0.1) is 0 Å². The standard InChI is InChI=1S/C14H17N3O3S/c15-14-13(8-4-9-16-14)21(18,19)17-10-5-11-20-12-6-2-1-3-7-12/h1-4,6-9,17H,5,10-11H2,(H2,15,16). The van der Waals surface area contributed by atoms with Crippen LogP contribution in [-0.2, 0) is 10.0 Å². The fourth-order valence-electron chi connectivity index (χ4n) is 1.69. The van der Waals surface area contributed by atoms with E-state index in [1.807, 2.05) is 30.3 Å². The van der Waals surface area contributed by atoms with E-state index in [-0.39, 0.29) is 17.3 Å². The average molecular weight is 307 g/mol. The molecule has 0 bridgehead atoms. The molecule has 0 radical (unpaired) electrons. The normalized spacial score (nSPS) is 11.2. The second-order valence-corrected chi connectivity index (χ2v) is 6.03. The van der Waals surface area contributed by atoms with Crippen molar-refractivity contribution in [2.24, 2.45) is 0 Å². The number of sulfonamides is 1. The maximum Gasteiger partial charge on any atom is 0.244 e. The zero-order chi connectivity index (χ0) is 15.1. The second kappa shape index (κ2) is 7.05. The number of benzene rings is 1. The van der Waals surface area contributed by atoms with Crippen molar-refractivity contribution in [3.8, 4) is 5.75 Å². The molecule has 0 saturated heterocycles. The Bertz CT molecular complexity index is 675. The molecule has 1 aromatic carbocycles. The van der Waals surface area contributed by atoms with Crippen molar-refractivity contribution in [1.82, 2.24) is 9.71 Å². The van der Waals surface area contributed by atoms with E-state index in [2.05, 4.69) is 9.71 Å². The predicted octanol–water partition coefficient (Wildman–Crippen LogP) is 1.41. The molecule has 112 valence electrons. The van der Waals surface area contributed by atoms with Gasteiger partial charge < -0.3 is 10.5 Å². The molecule has 0 saturated carbocycles. The fraction of sp³-hybridized carbons (Fsp3) is 0.214. The highest BCUT2D eigenvalue weighted by Crippen LogP contribution is 2.14. The molecular formula is C14H17N3O3S. The van der Waals surface area contributed by atoms with Crippen LogP contribution in [-0.4, -0.2) is 26.6 Å². The minimum absolute atomic E-state index is 0.00558. The van der Waals surface area contributed by atoms with Gasteiger partial charge in [-0.05, 0) is 30.7 Å². The van der Waals surface area contributed by atoms with Gasteiger partial charge in [0.25, 0.3) is 0 Å². The number of pyridine rings is 1. The van der Waals surface area contributed by atoms with Crippen molar-refractivity contribution in [3.63, 3.8) is 0 Å². The summed E-state index contributed by atoms with van der Waals surface area (Å²) in [6, 6.07) is 12.3. The van der Waals surface area contributed by atoms with Crippen LogP contribution >= 0.6 is 0 Å².